The van der Waals surface area contributed by atoms with E-state index in [1.807, 2.05) is 6.92 Å². The molecule has 0 aromatic heterocycles. The van der Waals surface area contributed by atoms with Crippen molar-refractivity contribution >= 4 is 5.97 Å². The summed E-state index contributed by atoms with van der Waals surface area (Å²) in [6, 6.07) is 0. The maximum atomic E-state index is 11.0. The fourth-order valence-corrected chi connectivity index (χ4v) is 0.480. The van der Waals surface area contributed by atoms with Crippen molar-refractivity contribution in [1.29, 1.82) is 0 Å². The van der Waals surface area contributed by atoms with Crippen LogP contribution >= 0.6 is 0 Å². The van der Waals surface area contributed by atoms with Crippen LogP contribution in [-0.2, 0) is 14.3 Å². The maximum absolute atomic E-state index is 11.0. The van der Waals surface area contributed by atoms with Crippen molar-refractivity contribution in [3.63, 3.8) is 0 Å². The molecule has 0 saturated heterocycles. The molecule has 0 radical (unpaired) electrons. The number of hydrogen-bond donors (Lipinski definition) is 0. The SMILES string of the molecule is C=COC(=C)C(=O)OC(C)CC. The minimum Gasteiger partial charge on any atom is -0.459 e. The minimum atomic E-state index is -0.538. The van der Waals surface area contributed by atoms with Gasteiger partial charge in [-0.1, -0.05) is 13.5 Å². The molecule has 3 heteroatoms. The van der Waals surface area contributed by atoms with Crippen molar-refractivity contribution in [3.8, 4) is 0 Å². The molecule has 68 valence electrons. The lowest BCUT2D eigenvalue weighted by Gasteiger charge is -2.10. The topological polar surface area (TPSA) is 35.5 Å². The van der Waals surface area contributed by atoms with E-state index in [1.165, 1.54) is 0 Å². The van der Waals surface area contributed by atoms with Gasteiger partial charge in [-0.15, -0.1) is 0 Å². The van der Waals surface area contributed by atoms with Gasteiger partial charge >= 0.3 is 5.97 Å². The Balaban J connectivity index is 3.86. The molecule has 0 heterocycles. The van der Waals surface area contributed by atoms with Gasteiger partial charge in [-0.05, 0) is 19.9 Å². The number of esters is 1. The van der Waals surface area contributed by atoms with Gasteiger partial charge in [-0.3, -0.25) is 0 Å². The third-order valence-corrected chi connectivity index (χ3v) is 1.34. The Bertz CT molecular complexity index is 184. The first kappa shape index (κ1) is 10.8. The van der Waals surface area contributed by atoms with Crippen LogP contribution in [-0.4, -0.2) is 12.1 Å². The first-order valence-corrected chi connectivity index (χ1v) is 3.79. The lowest BCUT2D eigenvalue weighted by molar-refractivity contribution is -0.146. The number of carbonyl (C=O) groups is 1. The molecule has 0 fully saturated rings. The van der Waals surface area contributed by atoms with Gasteiger partial charge in [-0.2, -0.15) is 0 Å². The Hall–Kier alpha value is -1.25. The molecule has 0 N–H and O–H groups in total. The highest BCUT2D eigenvalue weighted by molar-refractivity contribution is 5.85. The predicted octanol–water partition coefficient (Wildman–Crippen LogP) is 2.00. The highest BCUT2D eigenvalue weighted by atomic mass is 16.6. The van der Waals surface area contributed by atoms with E-state index in [1.54, 1.807) is 6.92 Å². The summed E-state index contributed by atoms with van der Waals surface area (Å²) < 4.78 is 9.55. The second-order valence-electron chi connectivity index (χ2n) is 2.33. The molecular weight excluding hydrogens is 156 g/mol. The van der Waals surface area contributed by atoms with Crippen molar-refractivity contribution < 1.29 is 14.3 Å². The summed E-state index contributed by atoms with van der Waals surface area (Å²) >= 11 is 0. The molecule has 0 aliphatic rings. The highest BCUT2D eigenvalue weighted by Gasteiger charge is 2.11. The van der Waals surface area contributed by atoms with Gasteiger partial charge in [0.05, 0.1) is 12.4 Å². The monoisotopic (exact) mass is 170 g/mol. The smallest absolute Gasteiger partial charge is 0.373 e. The molecule has 0 aromatic carbocycles. The molecule has 0 aromatic rings. The van der Waals surface area contributed by atoms with Gasteiger partial charge in [0.2, 0.25) is 5.76 Å². The highest BCUT2D eigenvalue weighted by Crippen LogP contribution is 2.03. The number of hydrogen-bond acceptors (Lipinski definition) is 3. The van der Waals surface area contributed by atoms with E-state index in [2.05, 4.69) is 17.9 Å². The van der Waals surface area contributed by atoms with Crippen LogP contribution < -0.4 is 0 Å². The molecular formula is C9H14O3. The first-order valence-electron chi connectivity index (χ1n) is 3.79. The zero-order valence-corrected chi connectivity index (χ0v) is 7.50. The van der Waals surface area contributed by atoms with Crippen LogP contribution in [0.2, 0.25) is 0 Å². The Labute approximate surface area is 72.7 Å². The summed E-state index contributed by atoms with van der Waals surface area (Å²) in [7, 11) is 0. The third-order valence-electron chi connectivity index (χ3n) is 1.34. The number of rotatable bonds is 5. The molecule has 0 bridgehead atoms. The normalized spacial score (nSPS) is 11.5. The van der Waals surface area contributed by atoms with Crippen LogP contribution in [0.25, 0.3) is 0 Å². The van der Waals surface area contributed by atoms with Crippen LogP contribution in [0.4, 0.5) is 0 Å². The van der Waals surface area contributed by atoms with Gasteiger partial charge in [0.1, 0.15) is 0 Å². The molecule has 3 nitrogen and oxygen atoms in total. The van der Waals surface area contributed by atoms with Crippen molar-refractivity contribution in [2.24, 2.45) is 0 Å². The second-order valence-corrected chi connectivity index (χ2v) is 2.33. The lowest BCUT2D eigenvalue weighted by atomic mass is 10.3. The molecule has 0 aliphatic carbocycles. The van der Waals surface area contributed by atoms with E-state index < -0.39 is 5.97 Å². The van der Waals surface area contributed by atoms with E-state index in [4.69, 9.17) is 4.74 Å². The van der Waals surface area contributed by atoms with E-state index >= 15 is 0 Å². The standard InChI is InChI=1S/C9H14O3/c1-5-7(3)12-9(10)8(4)11-6-2/h6-7H,2,4-5H2,1,3H3. The average Bonchev–Trinajstić information content (AvgIpc) is 2.04. The van der Waals surface area contributed by atoms with Crippen molar-refractivity contribution in [1.82, 2.24) is 0 Å². The van der Waals surface area contributed by atoms with Crippen LogP contribution in [0.15, 0.2) is 25.2 Å². The molecule has 1 atom stereocenters. The Morgan fingerprint density at radius 2 is 2.25 bits per heavy atom. The lowest BCUT2D eigenvalue weighted by Crippen LogP contribution is -2.15. The third kappa shape index (κ3) is 3.81. The van der Waals surface area contributed by atoms with Gasteiger partial charge in [-0.25, -0.2) is 4.79 Å². The van der Waals surface area contributed by atoms with Gasteiger partial charge in [0, 0.05) is 0 Å². The minimum absolute atomic E-state index is 0.0368. The Morgan fingerprint density at radius 1 is 1.67 bits per heavy atom. The fourth-order valence-electron chi connectivity index (χ4n) is 0.480. The fraction of sp³-hybridized carbons (Fsp3) is 0.444. The van der Waals surface area contributed by atoms with Crippen LogP contribution in [0.3, 0.4) is 0 Å². The van der Waals surface area contributed by atoms with Gasteiger partial charge < -0.3 is 9.47 Å². The largest absolute Gasteiger partial charge is 0.459 e. The Morgan fingerprint density at radius 3 is 2.67 bits per heavy atom. The summed E-state index contributed by atoms with van der Waals surface area (Å²) in [4.78, 5) is 11.0. The second kappa shape index (κ2) is 5.41. The van der Waals surface area contributed by atoms with Gasteiger partial charge in [0.25, 0.3) is 0 Å². The molecule has 0 amide bonds. The molecule has 0 rings (SSSR count). The van der Waals surface area contributed by atoms with Crippen molar-refractivity contribution in [2.45, 2.75) is 26.4 Å². The summed E-state index contributed by atoms with van der Waals surface area (Å²) in [5, 5.41) is 0. The molecule has 0 saturated carbocycles. The van der Waals surface area contributed by atoms with E-state index in [0.717, 1.165) is 12.7 Å². The average molecular weight is 170 g/mol. The number of carbonyl (C=O) groups excluding carboxylic acids is 1. The van der Waals surface area contributed by atoms with Crippen LogP contribution in [0, 0.1) is 0 Å². The van der Waals surface area contributed by atoms with Crippen LogP contribution in [0.1, 0.15) is 20.3 Å². The van der Waals surface area contributed by atoms with E-state index in [-0.39, 0.29) is 11.9 Å². The van der Waals surface area contributed by atoms with Crippen molar-refractivity contribution in [2.75, 3.05) is 0 Å². The molecule has 12 heavy (non-hydrogen) atoms. The molecule has 0 aliphatic heterocycles. The number of ether oxygens (including phenoxy) is 2. The summed E-state index contributed by atoms with van der Waals surface area (Å²) in [5.41, 5.74) is 0. The summed E-state index contributed by atoms with van der Waals surface area (Å²) in [6.07, 6.45) is 1.80. The molecule has 1 unspecified atom stereocenters. The van der Waals surface area contributed by atoms with E-state index in [0.29, 0.717) is 0 Å². The Kier molecular flexibility index (Phi) is 4.84. The predicted molar refractivity (Wildman–Crippen MR) is 46.3 cm³/mol. The maximum Gasteiger partial charge on any atom is 0.373 e. The first-order chi connectivity index (χ1) is 5.61. The van der Waals surface area contributed by atoms with Crippen LogP contribution in [0.5, 0.6) is 0 Å². The summed E-state index contributed by atoms with van der Waals surface area (Å²) in [5.74, 6) is -0.574. The molecule has 0 spiro atoms. The van der Waals surface area contributed by atoms with Gasteiger partial charge in [0.15, 0.2) is 0 Å². The quantitative estimate of drug-likeness (QED) is 0.359. The van der Waals surface area contributed by atoms with Crippen molar-refractivity contribution in [3.05, 3.63) is 25.2 Å². The van der Waals surface area contributed by atoms with E-state index in [9.17, 15) is 4.79 Å². The zero-order valence-electron chi connectivity index (χ0n) is 7.50. The summed E-state index contributed by atoms with van der Waals surface area (Å²) in [6.45, 7) is 10.4. The zero-order chi connectivity index (χ0) is 9.56.